The van der Waals surface area contributed by atoms with Gasteiger partial charge in [0.25, 0.3) is 0 Å². The van der Waals surface area contributed by atoms with Crippen LogP contribution in [-0.4, -0.2) is 34.9 Å². The molecule has 5 nitrogen and oxygen atoms in total. The number of anilines is 2. The average Bonchev–Trinajstić information content (AvgIpc) is 2.34. The van der Waals surface area contributed by atoms with Gasteiger partial charge in [-0.15, -0.1) is 0 Å². The van der Waals surface area contributed by atoms with Crippen LogP contribution < -0.4 is 11.1 Å². The van der Waals surface area contributed by atoms with Gasteiger partial charge in [-0.1, -0.05) is 13.8 Å². The summed E-state index contributed by atoms with van der Waals surface area (Å²) in [6.45, 7) is 5.72. The van der Waals surface area contributed by atoms with E-state index in [9.17, 15) is 8.42 Å². The van der Waals surface area contributed by atoms with Crippen molar-refractivity contribution < 1.29 is 13.2 Å². The molecule has 0 heterocycles. The number of benzene rings is 1. The lowest BCUT2D eigenvalue weighted by atomic mass is 9.89. The summed E-state index contributed by atoms with van der Waals surface area (Å²) in [6, 6.07) is 4.76. The molecule has 0 aliphatic carbocycles. The van der Waals surface area contributed by atoms with Crippen molar-refractivity contribution in [1.29, 1.82) is 0 Å². The van der Waals surface area contributed by atoms with E-state index in [0.717, 1.165) is 18.7 Å². The molecule has 1 aromatic carbocycles. The molecule has 20 heavy (non-hydrogen) atoms. The molecular weight excluding hydrogens is 276 g/mol. The second-order valence-electron chi connectivity index (χ2n) is 5.78. The number of nitrogen functional groups attached to an aromatic ring is 1. The Balaban J connectivity index is 2.75. The van der Waals surface area contributed by atoms with Gasteiger partial charge in [-0.2, -0.15) is 0 Å². The van der Waals surface area contributed by atoms with Crippen LogP contribution in [0.1, 0.15) is 20.3 Å². The minimum absolute atomic E-state index is 0.0674. The number of nitrogens with two attached hydrogens (primary N) is 1. The second kappa shape index (κ2) is 6.45. The van der Waals surface area contributed by atoms with Crippen LogP contribution >= 0.6 is 0 Å². The molecule has 0 saturated carbocycles. The zero-order valence-corrected chi connectivity index (χ0v) is 13.4. The highest BCUT2D eigenvalue weighted by Crippen LogP contribution is 2.26. The zero-order chi connectivity index (χ0) is 15.4. The van der Waals surface area contributed by atoms with Crippen molar-refractivity contribution in [2.75, 3.05) is 37.6 Å². The van der Waals surface area contributed by atoms with E-state index in [4.69, 9.17) is 10.5 Å². The van der Waals surface area contributed by atoms with Gasteiger partial charge in [-0.05, 0) is 30.0 Å². The van der Waals surface area contributed by atoms with E-state index in [1.165, 1.54) is 12.3 Å². The summed E-state index contributed by atoms with van der Waals surface area (Å²) >= 11 is 0. The van der Waals surface area contributed by atoms with E-state index in [0.29, 0.717) is 12.3 Å². The summed E-state index contributed by atoms with van der Waals surface area (Å²) < 4.78 is 28.0. The Hall–Kier alpha value is -1.27. The summed E-state index contributed by atoms with van der Waals surface area (Å²) in [5, 5.41) is 3.27. The van der Waals surface area contributed by atoms with Crippen LogP contribution in [0.2, 0.25) is 0 Å². The fourth-order valence-electron chi connectivity index (χ4n) is 1.73. The van der Waals surface area contributed by atoms with Gasteiger partial charge in [-0.25, -0.2) is 8.42 Å². The quantitative estimate of drug-likeness (QED) is 0.754. The molecule has 0 spiro atoms. The lowest BCUT2D eigenvalue weighted by molar-refractivity contribution is 0.157. The molecule has 0 saturated heterocycles. The molecule has 6 heteroatoms. The summed E-state index contributed by atoms with van der Waals surface area (Å²) in [6.07, 6.45) is 2.10. The third kappa shape index (κ3) is 5.02. The highest BCUT2D eigenvalue weighted by atomic mass is 32.2. The molecule has 0 unspecified atom stereocenters. The average molecular weight is 300 g/mol. The normalized spacial score (nSPS) is 12.4. The molecular formula is C14H24N2O3S. The van der Waals surface area contributed by atoms with Crippen LogP contribution in [0.4, 0.5) is 11.4 Å². The Labute approximate surface area is 121 Å². The van der Waals surface area contributed by atoms with Gasteiger partial charge in [0.05, 0.1) is 16.3 Å². The number of ether oxygens (including phenoxy) is 1. The van der Waals surface area contributed by atoms with Crippen LogP contribution in [0.5, 0.6) is 0 Å². The first-order chi connectivity index (χ1) is 9.15. The van der Waals surface area contributed by atoms with Crippen molar-refractivity contribution in [2.24, 2.45) is 5.41 Å². The van der Waals surface area contributed by atoms with Crippen molar-refractivity contribution in [3.63, 3.8) is 0 Å². The highest BCUT2D eigenvalue weighted by Gasteiger charge is 2.18. The van der Waals surface area contributed by atoms with Crippen molar-refractivity contribution in [1.82, 2.24) is 0 Å². The van der Waals surface area contributed by atoms with Gasteiger partial charge in [0.15, 0.2) is 9.84 Å². The Morgan fingerprint density at radius 1 is 1.35 bits per heavy atom. The Kier molecular flexibility index (Phi) is 5.42. The predicted molar refractivity (Wildman–Crippen MR) is 82.7 cm³/mol. The standard InChI is InChI=1S/C14H24N2O3S/c1-14(2,7-8-19-3)10-16-13-6-5-11(9-12(13)15)20(4,17)18/h5-6,9,16H,7-8,10,15H2,1-4H3. The van der Waals surface area contributed by atoms with Crippen LogP contribution in [0.3, 0.4) is 0 Å². The smallest absolute Gasteiger partial charge is 0.175 e. The first kappa shape index (κ1) is 16.8. The van der Waals surface area contributed by atoms with Crippen molar-refractivity contribution in [3.8, 4) is 0 Å². The van der Waals surface area contributed by atoms with Crippen molar-refractivity contribution in [3.05, 3.63) is 18.2 Å². The van der Waals surface area contributed by atoms with Crippen LogP contribution in [0.15, 0.2) is 23.1 Å². The predicted octanol–water partition coefficient (Wildman–Crippen LogP) is 2.15. The lowest BCUT2D eigenvalue weighted by Crippen LogP contribution is -2.25. The second-order valence-corrected chi connectivity index (χ2v) is 7.80. The van der Waals surface area contributed by atoms with Gasteiger partial charge in [0, 0.05) is 26.5 Å². The number of sulfone groups is 1. The molecule has 0 amide bonds. The monoisotopic (exact) mass is 300 g/mol. The Morgan fingerprint density at radius 2 is 2.00 bits per heavy atom. The number of hydrogen-bond donors (Lipinski definition) is 2. The molecule has 1 rings (SSSR count). The topological polar surface area (TPSA) is 81.4 Å². The maximum atomic E-state index is 11.4. The Morgan fingerprint density at radius 3 is 2.50 bits per heavy atom. The first-order valence-corrected chi connectivity index (χ1v) is 8.37. The van der Waals surface area contributed by atoms with E-state index in [1.807, 2.05) is 0 Å². The van der Waals surface area contributed by atoms with E-state index >= 15 is 0 Å². The molecule has 0 fully saturated rings. The first-order valence-electron chi connectivity index (χ1n) is 6.48. The van der Waals surface area contributed by atoms with E-state index in [-0.39, 0.29) is 10.3 Å². The molecule has 0 atom stereocenters. The van der Waals surface area contributed by atoms with E-state index in [2.05, 4.69) is 19.2 Å². The fraction of sp³-hybridized carbons (Fsp3) is 0.571. The summed E-state index contributed by atoms with van der Waals surface area (Å²) in [4.78, 5) is 0.235. The molecule has 114 valence electrons. The largest absolute Gasteiger partial charge is 0.397 e. The van der Waals surface area contributed by atoms with Gasteiger partial charge in [0.1, 0.15) is 0 Å². The third-order valence-corrected chi connectivity index (χ3v) is 4.30. The molecule has 1 aromatic rings. The van der Waals surface area contributed by atoms with Gasteiger partial charge in [-0.3, -0.25) is 0 Å². The van der Waals surface area contributed by atoms with Crippen LogP contribution in [0.25, 0.3) is 0 Å². The molecule has 0 radical (unpaired) electrons. The summed E-state index contributed by atoms with van der Waals surface area (Å²) in [5.74, 6) is 0. The lowest BCUT2D eigenvalue weighted by Gasteiger charge is -2.25. The maximum absolute atomic E-state index is 11.4. The number of hydrogen-bond acceptors (Lipinski definition) is 5. The number of methoxy groups -OCH3 is 1. The summed E-state index contributed by atoms with van der Waals surface area (Å²) in [5.41, 5.74) is 7.16. The van der Waals surface area contributed by atoms with Gasteiger partial charge < -0.3 is 15.8 Å². The molecule has 0 aliphatic heterocycles. The molecule has 3 N–H and O–H groups in total. The Bertz CT molecular complexity index is 554. The van der Waals surface area contributed by atoms with Crippen LogP contribution in [0, 0.1) is 5.41 Å². The maximum Gasteiger partial charge on any atom is 0.175 e. The van der Waals surface area contributed by atoms with Gasteiger partial charge in [0.2, 0.25) is 0 Å². The molecule has 0 aliphatic rings. The zero-order valence-electron chi connectivity index (χ0n) is 12.6. The molecule has 0 aromatic heterocycles. The molecule has 0 bridgehead atoms. The summed E-state index contributed by atoms with van der Waals surface area (Å²) in [7, 11) is -1.54. The number of rotatable bonds is 7. The van der Waals surface area contributed by atoms with Crippen molar-refractivity contribution >= 4 is 21.2 Å². The highest BCUT2D eigenvalue weighted by molar-refractivity contribution is 7.90. The van der Waals surface area contributed by atoms with Crippen LogP contribution in [-0.2, 0) is 14.6 Å². The van der Waals surface area contributed by atoms with Gasteiger partial charge >= 0.3 is 0 Å². The van der Waals surface area contributed by atoms with E-state index < -0.39 is 9.84 Å². The van der Waals surface area contributed by atoms with E-state index in [1.54, 1.807) is 19.2 Å². The minimum atomic E-state index is -3.22. The van der Waals surface area contributed by atoms with Crippen molar-refractivity contribution in [2.45, 2.75) is 25.2 Å². The number of nitrogens with one attached hydrogen (secondary N) is 1. The SMILES string of the molecule is COCCC(C)(C)CNc1ccc(S(C)(=O)=O)cc1N. The fourth-order valence-corrected chi connectivity index (χ4v) is 2.39. The third-order valence-electron chi connectivity index (χ3n) is 3.19. The minimum Gasteiger partial charge on any atom is -0.397 e.